The number of ether oxygens (including phenoxy) is 3. The Morgan fingerprint density at radius 1 is 0.851 bits per heavy atom. The van der Waals surface area contributed by atoms with Crippen LogP contribution in [0.1, 0.15) is 95.4 Å². The molecule has 276 valence electrons. The third-order valence-corrected chi connectivity index (χ3v) is 25.1. The summed E-state index contributed by atoms with van der Waals surface area (Å²) in [7, 11) is -3.30. The summed E-state index contributed by atoms with van der Waals surface area (Å²) in [4.78, 5) is 12.4. The summed E-state index contributed by atoms with van der Waals surface area (Å²) in [6.45, 7) is 37.9. The Morgan fingerprint density at radius 2 is 1.36 bits per heavy atom. The molecule has 0 aromatic carbocycles. The Balaban J connectivity index is 3.44. The number of hydrogen-bond donors (Lipinski definition) is 1. The molecule has 1 aliphatic heterocycles. The van der Waals surface area contributed by atoms with E-state index in [1.165, 1.54) is 7.11 Å². The maximum absolute atomic E-state index is 12.4. The molecule has 1 N–H and O–H groups in total. The number of rotatable bonds is 13. The average molecular weight is 717 g/mol. The van der Waals surface area contributed by atoms with Gasteiger partial charge in [-0.3, -0.25) is 4.79 Å². The second-order valence-electron chi connectivity index (χ2n) is 18.2. The summed E-state index contributed by atoms with van der Waals surface area (Å²) in [5, 5.41) is 12.1. The van der Waals surface area contributed by atoms with Crippen LogP contribution in [0.5, 0.6) is 0 Å². The van der Waals surface area contributed by atoms with Crippen LogP contribution >= 0.6 is 0 Å². The smallest absolute Gasteiger partial charge is 0.308 e. The maximum Gasteiger partial charge on any atom is 0.308 e. The predicted octanol–water partition coefficient (Wildman–Crippen LogP) is 8.51. The zero-order chi connectivity index (χ0) is 37.0. The van der Waals surface area contributed by atoms with E-state index in [0.29, 0.717) is 19.4 Å². The first-order valence-electron chi connectivity index (χ1n) is 17.5. The number of hydrogen-bond acceptors (Lipinski definition) is 8. The van der Waals surface area contributed by atoms with Crippen molar-refractivity contribution in [2.45, 2.75) is 180 Å². The summed E-state index contributed by atoms with van der Waals surface area (Å²) >= 11 is 0. The van der Waals surface area contributed by atoms with Gasteiger partial charge in [0.25, 0.3) is 0 Å². The molecule has 1 heterocycles. The van der Waals surface area contributed by atoms with Gasteiger partial charge in [-0.2, -0.15) is 0 Å². The molecule has 0 spiro atoms. The van der Waals surface area contributed by atoms with E-state index < -0.39 is 48.7 Å². The van der Waals surface area contributed by atoms with Crippen molar-refractivity contribution >= 4 is 30.9 Å². The fourth-order valence-corrected chi connectivity index (χ4v) is 8.74. The van der Waals surface area contributed by atoms with Gasteiger partial charge in [0.1, 0.15) is 0 Å². The van der Waals surface area contributed by atoms with Crippen molar-refractivity contribution in [1.82, 2.24) is 0 Å². The molecular weight excluding hydrogens is 645 g/mol. The van der Waals surface area contributed by atoms with Crippen LogP contribution in [0.4, 0.5) is 0 Å². The van der Waals surface area contributed by atoms with Crippen molar-refractivity contribution in [1.29, 1.82) is 0 Å². The van der Waals surface area contributed by atoms with Crippen molar-refractivity contribution in [3.05, 3.63) is 0 Å². The van der Waals surface area contributed by atoms with E-state index in [1.807, 2.05) is 13.8 Å². The molecule has 0 aromatic heterocycles. The monoisotopic (exact) mass is 716 g/mol. The highest BCUT2D eigenvalue weighted by Gasteiger charge is 2.53. The van der Waals surface area contributed by atoms with Gasteiger partial charge < -0.3 is 32.6 Å². The van der Waals surface area contributed by atoms with Crippen LogP contribution < -0.4 is 0 Å². The fraction of sp³-hybridized carbons (Fsp3) is 0.917. The van der Waals surface area contributed by atoms with E-state index in [0.717, 1.165) is 0 Å². The molecule has 0 bridgehead atoms. The number of carbonyl (C=O) groups excluding carboxylic acids is 1. The molecule has 11 heteroatoms. The molecule has 0 saturated carbocycles. The van der Waals surface area contributed by atoms with E-state index in [1.54, 1.807) is 7.11 Å². The van der Waals surface area contributed by atoms with Crippen LogP contribution in [-0.2, 0) is 32.3 Å². The van der Waals surface area contributed by atoms with Crippen LogP contribution in [0, 0.1) is 23.7 Å². The molecule has 8 nitrogen and oxygen atoms in total. The summed E-state index contributed by atoms with van der Waals surface area (Å²) in [5.74, 6) is 3.45. The van der Waals surface area contributed by atoms with Crippen LogP contribution in [-0.4, -0.2) is 87.1 Å². The lowest BCUT2D eigenvalue weighted by molar-refractivity contribution is -0.283. The summed E-state index contributed by atoms with van der Waals surface area (Å²) in [5.41, 5.74) is 0. The van der Waals surface area contributed by atoms with Crippen molar-refractivity contribution in [3.63, 3.8) is 0 Å². The van der Waals surface area contributed by atoms with E-state index in [4.69, 9.17) is 27.5 Å². The van der Waals surface area contributed by atoms with E-state index in [9.17, 15) is 9.90 Å². The molecule has 1 rings (SSSR count). The van der Waals surface area contributed by atoms with E-state index in [2.05, 4.69) is 113 Å². The summed E-state index contributed by atoms with van der Waals surface area (Å²) in [6.07, 6.45) is -0.542. The first kappa shape index (κ1) is 44.5. The highest BCUT2D eigenvalue weighted by molar-refractivity contribution is 6.75. The van der Waals surface area contributed by atoms with Crippen molar-refractivity contribution in [3.8, 4) is 11.8 Å². The molecular formula is C36H72O8Si3. The van der Waals surface area contributed by atoms with Gasteiger partial charge in [-0.05, 0) is 66.7 Å². The van der Waals surface area contributed by atoms with Crippen molar-refractivity contribution in [2.24, 2.45) is 11.8 Å². The van der Waals surface area contributed by atoms with Crippen molar-refractivity contribution in [2.75, 3.05) is 20.8 Å². The molecule has 0 radical (unpaired) electrons. The topological polar surface area (TPSA) is 92.7 Å². The largest absolute Gasteiger partial charge is 0.469 e. The fourth-order valence-electron chi connectivity index (χ4n) is 4.85. The number of carbonyl (C=O) groups is 1. The van der Waals surface area contributed by atoms with Gasteiger partial charge in [0, 0.05) is 32.0 Å². The molecule has 7 atom stereocenters. The molecule has 1 unspecified atom stereocenters. The molecule has 0 aromatic rings. The minimum Gasteiger partial charge on any atom is -0.469 e. The zero-order valence-corrected chi connectivity index (χ0v) is 36.6. The Labute approximate surface area is 292 Å². The van der Waals surface area contributed by atoms with Gasteiger partial charge in [-0.15, -0.1) is 0 Å². The maximum atomic E-state index is 12.4. The highest BCUT2D eigenvalue weighted by Crippen LogP contribution is 2.45. The van der Waals surface area contributed by atoms with Gasteiger partial charge in [0.2, 0.25) is 5.79 Å². The number of aliphatic hydroxyl groups is 1. The van der Waals surface area contributed by atoms with Gasteiger partial charge in [0.05, 0.1) is 37.9 Å². The third-order valence-electron chi connectivity index (χ3n) is 11.6. The standard InChI is InChI=1S/C36H72O8Si3/c1-26-30(25-31(37)40-13)42-36(38,27(2)32(26)44-47(18,19)35(9,10)11)23-20-21-28(39-12)29(43-46(16,17)34(6,7)8)22-24-41-45(14,15)33(3,4)5/h26-30,32,38H,21-22,24-25H2,1-19H3/t26-,27+,28-,29-,30+,32-,36?/m0/s1. The van der Waals surface area contributed by atoms with Crippen LogP contribution in [0.2, 0.25) is 54.4 Å². The number of methoxy groups -OCH3 is 2. The Kier molecular flexibility index (Phi) is 15.3. The van der Waals surface area contributed by atoms with Gasteiger partial charge in [-0.25, -0.2) is 0 Å². The number of esters is 1. The molecule has 0 aliphatic carbocycles. The molecule has 1 fully saturated rings. The van der Waals surface area contributed by atoms with Gasteiger partial charge in [0.15, 0.2) is 25.0 Å². The lowest BCUT2D eigenvalue weighted by Crippen LogP contribution is -2.60. The zero-order valence-electron chi connectivity index (χ0n) is 33.6. The first-order chi connectivity index (χ1) is 21.0. The van der Waals surface area contributed by atoms with Gasteiger partial charge in [-0.1, -0.05) is 82.1 Å². The van der Waals surface area contributed by atoms with E-state index >= 15 is 0 Å². The lowest BCUT2D eigenvalue weighted by Gasteiger charge is -2.50. The minimum absolute atomic E-state index is 0.00307. The first-order valence-corrected chi connectivity index (χ1v) is 26.2. The van der Waals surface area contributed by atoms with Crippen LogP contribution in [0.15, 0.2) is 0 Å². The molecule has 1 saturated heterocycles. The quantitative estimate of drug-likeness (QED) is 0.115. The predicted molar refractivity (Wildman–Crippen MR) is 200 cm³/mol. The molecule has 47 heavy (non-hydrogen) atoms. The summed E-state index contributed by atoms with van der Waals surface area (Å²) in [6, 6.07) is 0. The highest BCUT2D eigenvalue weighted by atomic mass is 28.4. The minimum atomic E-state index is -2.24. The third kappa shape index (κ3) is 11.7. The normalized spacial score (nSPS) is 26.3. The lowest BCUT2D eigenvalue weighted by atomic mass is 9.80. The Morgan fingerprint density at radius 3 is 1.81 bits per heavy atom. The van der Waals surface area contributed by atoms with E-state index in [-0.39, 0.29) is 45.8 Å². The second kappa shape index (κ2) is 16.2. The average Bonchev–Trinajstić information content (AvgIpc) is 2.89. The molecule has 0 amide bonds. The summed E-state index contributed by atoms with van der Waals surface area (Å²) < 4.78 is 37.7. The Bertz CT molecular complexity index is 1080. The molecule has 1 aliphatic rings. The van der Waals surface area contributed by atoms with Crippen molar-refractivity contribution < 1.29 is 37.4 Å². The SMILES string of the molecule is COC(=O)C[C@H]1OC(O)(C#CC[C@H](OC)[C@H](CCO[Si](C)(C)C(C)(C)C)O[Si](C)(C)C(C)(C)C)[C@H](C)[C@@H](O[Si](C)(C)C(C)(C)C)[C@H]1C. The Hall–Kier alpha value is -0.559. The second-order valence-corrected chi connectivity index (χ2v) is 32.5. The van der Waals surface area contributed by atoms with Gasteiger partial charge >= 0.3 is 5.97 Å². The van der Waals surface area contributed by atoms with Crippen LogP contribution in [0.3, 0.4) is 0 Å². The van der Waals surface area contributed by atoms with Crippen LogP contribution in [0.25, 0.3) is 0 Å².